The van der Waals surface area contributed by atoms with Crippen LogP contribution >= 0.6 is 0 Å². The van der Waals surface area contributed by atoms with Crippen LogP contribution in [0.2, 0.25) is 0 Å². The molecule has 1 saturated heterocycles. The standard InChI is InChI=1S/C23H30N2O2/c1-16-7-8-20(14-17(16)2)18(3)24-23(26)15-25-13-5-6-22(25)19-9-11-21(27-4)12-10-19/h7-12,14,18,22H,5-6,13,15H2,1-4H3,(H,24,26). The van der Waals surface area contributed by atoms with E-state index < -0.39 is 0 Å². The smallest absolute Gasteiger partial charge is 0.234 e. The van der Waals surface area contributed by atoms with E-state index in [1.165, 1.54) is 16.7 Å². The molecule has 4 heteroatoms. The monoisotopic (exact) mass is 366 g/mol. The molecule has 144 valence electrons. The lowest BCUT2D eigenvalue weighted by Gasteiger charge is -2.25. The highest BCUT2D eigenvalue weighted by Gasteiger charge is 2.27. The fraction of sp³-hybridized carbons (Fsp3) is 0.435. The van der Waals surface area contributed by atoms with Crippen LogP contribution in [0.25, 0.3) is 0 Å². The van der Waals surface area contributed by atoms with Gasteiger partial charge in [-0.05, 0) is 74.5 Å². The van der Waals surface area contributed by atoms with Gasteiger partial charge in [0.25, 0.3) is 0 Å². The van der Waals surface area contributed by atoms with Gasteiger partial charge in [-0.15, -0.1) is 0 Å². The van der Waals surface area contributed by atoms with Crippen molar-refractivity contribution in [1.82, 2.24) is 10.2 Å². The molecular weight excluding hydrogens is 336 g/mol. The normalized spacial score (nSPS) is 18.3. The van der Waals surface area contributed by atoms with E-state index in [1.54, 1.807) is 7.11 Å². The van der Waals surface area contributed by atoms with E-state index in [2.05, 4.69) is 54.4 Å². The second-order valence-electron chi connectivity index (χ2n) is 7.53. The summed E-state index contributed by atoms with van der Waals surface area (Å²) in [6, 6.07) is 14.9. The molecular formula is C23H30N2O2. The van der Waals surface area contributed by atoms with Gasteiger partial charge in [0.15, 0.2) is 0 Å². The molecule has 2 unspecified atom stereocenters. The first kappa shape index (κ1) is 19.4. The van der Waals surface area contributed by atoms with Gasteiger partial charge < -0.3 is 10.1 Å². The summed E-state index contributed by atoms with van der Waals surface area (Å²) in [6.07, 6.45) is 2.21. The molecule has 0 radical (unpaired) electrons. The van der Waals surface area contributed by atoms with Gasteiger partial charge in [0.1, 0.15) is 5.75 Å². The maximum absolute atomic E-state index is 12.6. The number of nitrogens with zero attached hydrogens (tertiary/aromatic N) is 1. The molecule has 1 heterocycles. The lowest BCUT2D eigenvalue weighted by molar-refractivity contribution is -0.123. The number of rotatable bonds is 6. The van der Waals surface area contributed by atoms with Crippen molar-refractivity contribution in [3.8, 4) is 5.75 Å². The first-order chi connectivity index (χ1) is 13.0. The number of nitrogens with one attached hydrogen (secondary N) is 1. The number of likely N-dealkylation sites (tertiary alicyclic amines) is 1. The molecule has 1 aliphatic rings. The molecule has 2 atom stereocenters. The van der Waals surface area contributed by atoms with E-state index in [9.17, 15) is 4.79 Å². The molecule has 2 aromatic carbocycles. The predicted molar refractivity (Wildman–Crippen MR) is 109 cm³/mol. The molecule has 4 nitrogen and oxygen atoms in total. The average molecular weight is 367 g/mol. The number of aryl methyl sites for hydroxylation is 2. The minimum Gasteiger partial charge on any atom is -0.497 e. The van der Waals surface area contributed by atoms with Crippen LogP contribution in [0.5, 0.6) is 5.75 Å². The van der Waals surface area contributed by atoms with Crippen LogP contribution < -0.4 is 10.1 Å². The van der Waals surface area contributed by atoms with Crippen LogP contribution in [0.3, 0.4) is 0 Å². The maximum atomic E-state index is 12.6. The summed E-state index contributed by atoms with van der Waals surface area (Å²) in [4.78, 5) is 14.9. The zero-order valence-corrected chi connectivity index (χ0v) is 16.8. The van der Waals surface area contributed by atoms with Crippen LogP contribution in [0.1, 0.15) is 54.1 Å². The molecule has 0 spiro atoms. The maximum Gasteiger partial charge on any atom is 0.234 e. The van der Waals surface area contributed by atoms with Gasteiger partial charge in [-0.2, -0.15) is 0 Å². The Morgan fingerprint density at radius 3 is 2.59 bits per heavy atom. The van der Waals surface area contributed by atoms with Crippen LogP contribution in [-0.2, 0) is 4.79 Å². The second-order valence-corrected chi connectivity index (χ2v) is 7.53. The van der Waals surface area contributed by atoms with Crippen molar-refractivity contribution in [3.63, 3.8) is 0 Å². The van der Waals surface area contributed by atoms with E-state index in [-0.39, 0.29) is 11.9 Å². The van der Waals surface area contributed by atoms with Crippen molar-refractivity contribution in [1.29, 1.82) is 0 Å². The molecule has 1 amide bonds. The van der Waals surface area contributed by atoms with Gasteiger partial charge in [0.2, 0.25) is 5.91 Å². The fourth-order valence-electron chi connectivity index (χ4n) is 3.81. The molecule has 27 heavy (non-hydrogen) atoms. The van der Waals surface area contributed by atoms with Crippen molar-refractivity contribution in [2.24, 2.45) is 0 Å². The molecule has 1 fully saturated rings. The molecule has 2 aromatic rings. The number of hydrogen-bond donors (Lipinski definition) is 1. The van der Waals surface area contributed by atoms with Crippen molar-refractivity contribution >= 4 is 5.91 Å². The van der Waals surface area contributed by atoms with Gasteiger partial charge in [-0.25, -0.2) is 0 Å². The fourth-order valence-corrected chi connectivity index (χ4v) is 3.81. The first-order valence-corrected chi connectivity index (χ1v) is 9.72. The Morgan fingerprint density at radius 2 is 1.93 bits per heavy atom. The molecule has 3 rings (SSSR count). The molecule has 0 bridgehead atoms. The first-order valence-electron chi connectivity index (χ1n) is 9.72. The summed E-state index contributed by atoms with van der Waals surface area (Å²) in [7, 11) is 1.68. The van der Waals surface area contributed by atoms with Gasteiger partial charge in [0, 0.05) is 6.04 Å². The van der Waals surface area contributed by atoms with E-state index in [1.807, 2.05) is 19.1 Å². The Bertz CT molecular complexity index is 785. The highest BCUT2D eigenvalue weighted by atomic mass is 16.5. The Labute approximate surface area is 162 Å². The van der Waals surface area contributed by atoms with Crippen LogP contribution in [0, 0.1) is 13.8 Å². The van der Waals surface area contributed by atoms with E-state index in [0.29, 0.717) is 12.6 Å². The molecule has 1 N–H and O–H groups in total. The summed E-state index contributed by atoms with van der Waals surface area (Å²) in [6.45, 7) is 7.66. The summed E-state index contributed by atoms with van der Waals surface area (Å²) in [5.41, 5.74) is 4.94. The quantitative estimate of drug-likeness (QED) is 0.827. The zero-order valence-electron chi connectivity index (χ0n) is 16.8. The van der Waals surface area contributed by atoms with Crippen LogP contribution in [0.15, 0.2) is 42.5 Å². The van der Waals surface area contributed by atoms with E-state index in [0.717, 1.165) is 30.7 Å². The van der Waals surface area contributed by atoms with Gasteiger partial charge in [-0.1, -0.05) is 30.3 Å². The molecule has 0 aromatic heterocycles. The molecule has 1 aliphatic heterocycles. The lowest BCUT2D eigenvalue weighted by atomic mass is 10.0. The molecule has 0 saturated carbocycles. The van der Waals surface area contributed by atoms with Crippen molar-refractivity contribution < 1.29 is 9.53 Å². The van der Waals surface area contributed by atoms with Crippen molar-refractivity contribution in [2.45, 2.75) is 45.7 Å². The predicted octanol–water partition coefficient (Wildman–Crippen LogP) is 4.33. The van der Waals surface area contributed by atoms with Gasteiger partial charge in [0.05, 0.1) is 19.7 Å². The Hall–Kier alpha value is -2.33. The zero-order chi connectivity index (χ0) is 19.4. The van der Waals surface area contributed by atoms with Crippen molar-refractivity contribution in [2.75, 3.05) is 20.2 Å². The summed E-state index contributed by atoms with van der Waals surface area (Å²) in [5.74, 6) is 0.949. The number of carbonyl (C=O) groups excluding carboxylic acids is 1. The summed E-state index contributed by atoms with van der Waals surface area (Å²) < 4.78 is 5.25. The highest BCUT2D eigenvalue weighted by Crippen LogP contribution is 2.32. The Kier molecular flexibility index (Phi) is 6.17. The number of methoxy groups -OCH3 is 1. The van der Waals surface area contributed by atoms with Crippen molar-refractivity contribution in [3.05, 3.63) is 64.7 Å². The van der Waals surface area contributed by atoms with Crippen LogP contribution in [0.4, 0.5) is 0 Å². The van der Waals surface area contributed by atoms with E-state index >= 15 is 0 Å². The SMILES string of the molecule is COc1ccc(C2CCCN2CC(=O)NC(C)c2ccc(C)c(C)c2)cc1. The largest absolute Gasteiger partial charge is 0.497 e. The van der Waals surface area contributed by atoms with E-state index in [4.69, 9.17) is 4.74 Å². The minimum absolute atomic E-state index is 0.0128. The number of benzene rings is 2. The summed E-state index contributed by atoms with van der Waals surface area (Å²) in [5, 5.41) is 3.16. The Morgan fingerprint density at radius 1 is 1.19 bits per heavy atom. The minimum atomic E-state index is 0.0128. The number of carbonyl (C=O) groups is 1. The van der Waals surface area contributed by atoms with Gasteiger partial charge >= 0.3 is 0 Å². The average Bonchev–Trinajstić information content (AvgIpc) is 3.11. The highest BCUT2D eigenvalue weighted by molar-refractivity contribution is 5.78. The third kappa shape index (κ3) is 4.69. The number of amides is 1. The second kappa shape index (κ2) is 8.57. The third-order valence-electron chi connectivity index (χ3n) is 5.62. The van der Waals surface area contributed by atoms with Crippen LogP contribution in [-0.4, -0.2) is 31.0 Å². The lowest BCUT2D eigenvalue weighted by Crippen LogP contribution is -2.38. The number of ether oxygens (including phenoxy) is 1. The topological polar surface area (TPSA) is 41.6 Å². The molecule has 0 aliphatic carbocycles. The number of hydrogen-bond acceptors (Lipinski definition) is 3. The Balaban J connectivity index is 1.61. The summed E-state index contributed by atoms with van der Waals surface area (Å²) >= 11 is 0. The van der Waals surface area contributed by atoms with Gasteiger partial charge in [-0.3, -0.25) is 9.69 Å². The third-order valence-corrected chi connectivity index (χ3v) is 5.62.